The number of nitro groups is 1. The number of halogens is 1. The molecule has 116 valence electrons. The molecule has 1 aromatic rings. The number of aryl methyl sites for hydroxylation is 1. The van der Waals surface area contributed by atoms with E-state index in [0.717, 1.165) is 36.4 Å². The van der Waals surface area contributed by atoms with Gasteiger partial charge in [-0.3, -0.25) is 24.0 Å². The summed E-state index contributed by atoms with van der Waals surface area (Å²) in [6.45, 7) is 2.24. The van der Waals surface area contributed by atoms with E-state index in [1.54, 1.807) is 6.92 Å². The average molecular weight is 360 g/mol. The monoisotopic (exact) mass is 359 g/mol. The van der Waals surface area contributed by atoms with Crippen molar-refractivity contribution in [1.29, 1.82) is 0 Å². The molecule has 0 bridgehead atoms. The number of hydrogen-bond acceptors (Lipinski definition) is 4. The lowest BCUT2D eigenvalue weighted by Gasteiger charge is -2.26. The molecule has 7 nitrogen and oxygen atoms in total. The van der Waals surface area contributed by atoms with Crippen molar-refractivity contribution in [3.05, 3.63) is 37.1 Å². The van der Waals surface area contributed by atoms with Crippen LogP contribution < -0.4 is 11.2 Å². The number of rotatable bonds is 5. The summed E-state index contributed by atoms with van der Waals surface area (Å²) < 4.78 is 2.25. The summed E-state index contributed by atoms with van der Waals surface area (Å²) in [5.74, 6) is 0. The lowest BCUT2D eigenvalue weighted by molar-refractivity contribution is -0.387. The molecule has 0 radical (unpaired) electrons. The molecule has 0 aliphatic heterocycles. The van der Waals surface area contributed by atoms with Crippen molar-refractivity contribution in [1.82, 2.24) is 9.13 Å². The van der Waals surface area contributed by atoms with Gasteiger partial charge >= 0.3 is 16.9 Å². The third kappa shape index (κ3) is 2.95. The van der Waals surface area contributed by atoms with Gasteiger partial charge in [-0.1, -0.05) is 28.8 Å². The Balaban J connectivity index is 2.57. The molecule has 1 heterocycles. The number of nitrogens with zero attached hydrogens (tertiary/aromatic N) is 3. The van der Waals surface area contributed by atoms with Crippen LogP contribution in [-0.2, 0) is 13.1 Å². The van der Waals surface area contributed by atoms with Crippen LogP contribution in [0.3, 0.4) is 0 Å². The van der Waals surface area contributed by atoms with Crippen LogP contribution in [0.2, 0.25) is 0 Å². The fourth-order valence-electron chi connectivity index (χ4n) is 2.92. The molecule has 0 aromatic carbocycles. The molecule has 0 amide bonds. The maximum Gasteiger partial charge on any atom is 0.350 e. The molecule has 0 atom stereocenters. The van der Waals surface area contributed by atoms with Crippen molar-refractivity contribution in [2.75, 3.05) is 5.33 Å². The number of hydrogen-bond donors (Lipinski definition) is 0. The Morgan fingerprint density at radius 3 is 2.48 bits per heavy atom. The van der Waals surface area contributed by atoms with E-state index >= 15 is 0 Å². The third-order valence-electron chi connectivity index (χ3n) is 4.20. The zero-order valence-corrected chi connectivity index (χ0v) is 13.5. The van der Waals surface area contributed by atoms with E-state index in [1.165, 1.54) is 4.57 Å². The Morgan fingerprint density at radius 1 is 1.38 bits per heavy atom. The second-order valence-electron chi connectivity index (χ2n) is 5.57. The Morgan fingerprint density at radius 2 is 2.00 bits per heavy atom. The first-order valence-corrected chi connectivity index (χ1v) is 8.11. The molecular formula is C13H18BrN3O4. The molecule has 0 N–H and O–H groups in total. The van der Waals surface area contributed by atoms with Gasteiger partial charge in [0.15, 0.2) is 0 Å². The van der Waals surface area contributed by atoms with Gasteiger partial charge in [-0.25, -0.2) is 4.79 Å². The Labute approximate surface area is 129 Å². The number of aromatic nitrogens is 2. The van der Waals surface area contributed by atoms with E-state index in [1.807, 2.05) is 0 Å². The first kappa shape index (κ1) is 15.9. The van der Waals surface area contributed by atoms with Gasteiger partial charge in [-0.2, -0.15) is 0 Å². The molecule has 1 aromatic heterocycles. The molecular weight excluding hydrogens is 342 g/mol. The van der Waals surface area contributed by atoms with Crippen LogP contribution in [0.1, 0.15) is 32.6 Å². The van der Waals surface area contributed by atoms with E-state index in [-0.39, 0.29) is 12.0 Å². The molecule has 8 heteroatoms. The topological polar surface area (TPSA) is 87.1 Å². The van der Waals surface area contributed by atoms with Crippen LogP contribution in [-0.4, -0.2) is 19.4 Å². The molecule has 0 saturated heterocycles. The fourth-order valence-corrected chi connectivity index (χ4v) is 3.66. The van der Waals surface area contributed by atoms with Crippen LogP contribution in [0.5, 0.6) is 0 Å². The highest BCUT2D eigenvalue weighted by molar-refractivity contribution is 9.09. The van der Waals surface area contributed by atoms with E-state index < -0.39 is 21.9 Å². The van der Waals surface area contributed by atoms with Crippen molar-refractivity contribution in [3.8, 4) is 0 Å². The highest BCUT2D eigenvalue weighted by atomic mass is 79.9. The lowest BCUT2D eigenvalue weighted by atomic mass is 9.89. The van der Waals surface area contributed by atoms with Gasteiger partial charge in [0.05, 0.1) is 11.1 Å². The first-order chi connectivity index (χ1) is 9.94. The van der Waals surface area contributed by atoms with Gasteiger partial charge in [0.1, 0.15) is 0 Å². The van der Waals surface area contributed by atoms with Gasteiger partial charge in [0, 0.05) is 18.4 Å². The Hall–Kier alpha value is -1.44. The van der Waals surface area contributed by atoms with Gasteiger partial charge in [-0.15, -0.1) is 0 Å². The van der Waals surface area contributed by atoms with Crippen LogP contribution in [0.25, 0.3) is 0 Å². The van der Waals surface area contributed by atoms with E-state index in [0.29, 0.717) is 11.9 Å². The SMILES string of the molecule is CCn1cc([N+](=O)[O-])c(=O)n(CC2(CBr)CCCC2)c1=O. The molecule has 0 unspecified atom stereocenters. The molecule has 21 heavy (non-hydrogen) atoms. The van der Waals surface area contributed by atoms with E-state index in [2.05, 4.69) is 15.9 Å². The minimum atomic E-state index is -0.804. The van der Waals surface area contributed by atoms with Crippen LogP contribution in [0.15, 0.2) is 15.8 Å². The normalized spacial score (nSPS) is 17.0. The van der Waals surface area contributed by atoms with Crippen molar-refractivity contribution in [2.45, 2.75) is 45.7 Å². The highest BCUT2D eigenvalue weighted by Gasteiger charge is 2.35. The third-order valence-corrected chi connectivity index (χ3v) is 5.39. The zero-order chi connectivity index (χ0) is 15.6. The summed E-state index contributed by atoms with van der Waals surface area (Å²) in [6, 6.07) is 0. The van der Waals surface area contributed by atoms with E-state index in [4.69, 9.17) is 0 Å². The standard InChI is InChI=1S/C13H18BrN3O4/c1-2-15-7-10(17(20)21)11(18)16(12(15)19)9-13(8-14)5-3-4-6-13/h7H,2-6,8-9H2,1H3. The quantitative estimate of drug-likeness (QED) is 0.456. The average Bonchev–Trinajstić information content (AvgIpc) is 2.92. The summed E-state index contributed by atoms with van der Waals surface area (Å²) >= 11 is 3.46. The predicted molar refractivity (Wildman–Crippen MR) is 82.0 cm³/mol. The Bertz CT molecular complexity index is 658. The molecule has 2 rings (SSSR count). The maximum absolute atomic E-state index is 12.3. The lowest BCUT2D eigenvalue weighted by Crippen LogP contribution is -2.44. The number of alkyl halides is 1. The summed E-state index contributed by atoms with van der Waals surface area (Å²) in [5, 5.41) is 11.7. The van der Waals surface area contributed by atoms with Crippen LogP contribution in [0, 0.1) is 15.5 Å². The Kier molecular flexibility index (Phi) is 4.65. The smallest absolute Gasteiger partial charge is 0.294 e. The molecule has 1 saturated carbocycles. The van der Waals surface area contributed by atoms with Crippen LogP contribution in [0.4, 0.5) is 5.69 Å². The van der Waals surface area contributed by atoms with Crippen molar-refractivity contribution in [2.24, 2.45) is 5.41 Å². The summed E-state index contributed by atoms with van der Waals surface area (Å²) in [7, 11) is 0. The van der Waals surface area contributed by atoms with Crippen molar-refractivity contribution >= 4 is 21.6 Å². The van der Waals surface area contributed by atoms with Crippen molar-refractivity contribution in [3.63, 3.8) is 0 Å². The summed E-state index contributed by atoms with van der Waals surface area (Å²) in [5.41, 5.74) is -1.98. The minimum absolute atomic E-state index is 0.163. The molecule has 1 fully saturated rings. The maximum atomic E-state index is 12.3. The molecule has 1 aliphatic carbocycles. The zero-order valence-electron chi connectivity index (χ0n) is 11.9. The minimum Gasteiger partial charge on any atom is -0.294 e. The second kappa shape index (κ2) is 6.13. The van der Waals surface area contributed by atoms with Gasteiger partial charge in [0.25, 0.3) is 0 Å². The molecule has 0 spiro atoms. The summed E-state index contributed by atoms with van der Waals surface area (Å²) in [4.78, 5) is 34.9. The summed E-state index contributed by atoms with van der Waals surface area (Å²) in [6.07, 6.45) is 4.98. The van der Waals surface area contributed by atoms with Crippen molar-refractivity contribution < 1.29 is 4.92 Å². The van der Waals surface area contributed by atoms with Gasteiger partial charge < -0.3 is 0 Å². The largest absolute Gasteiger partial charge is 0.350 e. The van der Waals surface area contributed by atoms with Gasteiger partial charge in [0.2, 0.25) is 0 Å². The predicted octanol–water partition coefficient (Wildman–Crippen LogP) is 1.89. The fraction of sp³-hybridized carbons (Fsp3) is 0.692. The van der Waals surface area contributed by atoms with E-state index in [9.17, 15) is 19.7 Å². The molecule has 1 aliphatic rings. The first-order valence-electron chi connectivity index (χ1n) is 6.99. The van der Waals surface area contributed by atoms with Gasteiger partial charge in [-0.05, 0) is 25.2 Å². The van der Waals surface area contributed by atoms with Crippen LogP contribution >= 0.6 is 15.9 Å². The highest BCUT2D eigenvalue weighted by Crippen LogP contribution is 2.40. The second-order valence-corrected chi connectivity index (χ2v) is 6.13.